The minimum absolute atomic E-state index is 0.512. The van der Waals surface area contributed by atoms with Gasteiger partial charge in [0, 0.05) is 32.2 Å². The second kappa shape index (κ2) is 10.2. The van der Waals surface area contributed by atoms with Gasteiger partial charge in [-0.25, -0.2) is 0 Å². The SMILES string of the molecule is CCNC(=NCCC(C)N(C)Cc1ccccc1)NCC. The van der Waals surface area contributed by atoms with Gasteiger partial charge in [0.2, 0.25) is 0 Å². The lowest BCUT2D eigenvalue weighted by Crippen LogP contribution is -2.37. The lowest BCUT2D eigenvalue weighted by Gasteiger charge is -2.24. The van der Waals surface area contributed by atoms with Gasteiger partial charge >= 0.3 is 0 Å². The Morgan fingerprint density at radius 2 is 1.76 bits per heavy atom. The van der Waals surface area contributed by atoms with E-state index in [9.17, 15) is 0 Å². The van der Waals surface area contributed by atoms with Crippen LogP contribution in [0.1, 0.15) is 32.8 Å². The highest BCUT2D eigenvalue weighted by Gasteiger charge is 2.09. The molecule has 1 unspecified atom stereocenters. The van der Waals surface area contributed by atoms with Crippen LogP contribution in [-0.2, 0) is 6.54 Å². The maximum atomic E-state index is 4.60. The van der Waals surface area contributed by atoms with E-state index >= 15 is 0 Å². The van der Waals surface area contributed by atoms with Crippen LogP contribution in [0.5, 0.6) is 0 Å². The Kier molecular flexibility index (Phi) is 8.51. The number of aliphatic imine (C=N–C) groups is 1. The molecule has 0 aliphatic rings. The molecule has 0 heterocycles. The highest BCUT2D eigenvalue weighted by molar-refractivity contribution is 5.79. The predicted molar refractivity (Wildman–Crippen MR) is 91.6 cm³/mol. The van der Waals surface area contributed by atoms with E-state index in [0.29, 0.717) is 6.04 Å². The fourth-order valence-corrected chi connectivity index (χ4v) is 2.12. The average Bonchev–Trinajstić information content (AvgIpc) is 2.48. The Morgan fingerprint density at radius 1 is 1.14 bits per heavy atom. The largest absolute Gasteiger partial charge is 0.357 e. The first-order valence-electron chi connectivity index (χ1n) is 7.93. The van der Waals surface area contributed by atoms with E-state index in [-0.39, 0.29) is 0 Å². The van der Waals surface area contributed by atoms with Crippen molar-refractivity contribution in [2.75, 3.05) is 26.7 Å². The van der Waals surface area contributed by atoms with Crippen molar-refractivity contribution in [1.82, 2.24) is 15.5 Å². The van der Waals surface area contributed by atoms with E-state index in [2.05, 4.69) is 78.7 Å². The molecule has 1 aromatic carbocycles. The summed E-state index contributed by atoms with van der Waals surface area (Å²) < 4.78 is 0. The summed E-state index contributed by atoms with van der Waals surface area (Å²) in [7, 11) is 2.18. The zero-order chi connectivity index (χ0) is 15.5. The Labute approximate surface area is 129 Å². The van der Waals surface area contributed by atoms with Crippen LogP contribution in [-0.4, -0.2) is 43.6 Å². The molecule has 0 saturated carbocycles. The summed E-state index contributed by atoms with van der Waals surface area (Å²) in [6.07, 6.45) is 1.06. The van der Waals surface area contributed by atoms with E-state index in [1.54, 1.807) is 0 Å². The first kappa shape index (κ1) is 17.5. The van der Waals surface area contributed by atoms with Crippen molar-refractivity contribution in [3.8, 4) is 0 Å². The van der Waals surface area contributed by atoms with E-state index in [1.807, 2.05) is 0 Å². The Bertz CT molecular complexity index is 395. The molecule has 1 aromatic rings. The van der Waals surface area contributed by atoms with E-state index in [4.69, 9.17) is 0 Å². The molecule has 0 radical (unpaired) electrons. The van der Waals surface area contributed by atoms with Crippen molar-refractivity contribution >= 4 is 5.96 Å². The van der Waals surface area contributed by atoms with Crippen LogP contribution >= 0.6 is 0 Å². The van der Waals surface area contributed by atoms with Crippen LogP contribution in [0.4, 0.5) is 0 Å². The molecule has 0 spiro atoms. The van der Waals surface area contributed by atoms with Gasteiger partial charge < -0.3 is 10.6 Å². The van der Waals surface area contributed by atoms with Crippen molar-refractivity contribution in [3.05, 3.63) is 35.9 Å². The number of nitrogens with one attached hydrogen (secondary N) is 2. The van der Waals surface area contributed by atoms with Crippen molar-refractivity contribution in [3.63, 3.8) is 0 Å². The first-order chi connectivity index (χ1) is 10.2. The molecule has 0 amide bonds. The summed E-state index contributed by atoms with van der Waals surface area (Å²) in [5, 5.41) is 6.50. The highest BCUT2D eigenvalue weighted by atomic mass is 15.2. The standard InChI is InChI=1S/C17H30N4/c1-5-18-17(19-6-2)20-13-12-15(3)21(4)14-16-10-8-7-9-11-16/h7-11,15H,5-6,12-14H2,1-4H3,(H2,18,19,20). The molecule has 4 nitrogen and oxygen atoms in total. The zero-order valence-corrected chi connectivity index (χ0v) is 13.9. The molecule has 0 saturated heterocycles. The maximum Gasteiger partial charge on any atom is 0.191 e. The van der Waals surface area contributed by atoms with Crippen LogP contribution in [0.2, 0.25) is 0 Å². The van der Waals surface area contributed by atoms with Gasteiger partial charge in [-0.05, 0) is 39.8 Å². The predicted octanol–water partition coefficient (Wildman–Crippen LogP) is 2.47. The summed E-state index contributed by atoms with van der Waals surface area (Å²) in [5.74, 6) is 0.915. The Balaban J connectivity index is 2.38. The van der Waals surface area contributed by atoms with Crippen LogP contribution in [0.25, 0.3) is 0 Å². The zero-order valence-electron chi connectivity index (χ0n) is 13.9. The van der Waals surface area contributed by atoms with Gasteiger partial charge in [0.05, 0.1) is 0 Å². The van der Waals surface area contributed by atoms with Crippen molar-refractivity contribution in [2.24, 2.45) is 4.99 Å². The average molecular weight is 290 g/mol. The normalized spacial score (nSPS) is 12.0. The highest BCUT2D eigenvalue weighted by Crippen LogP contribution is 2.08. The fraction of sp³-hybridized carbons (Fsp3) is 0.588. The fourth-order valence-electron chi connectivity index (χ4n) is 2.12. The lowest BCUT2D eigenvalue weighted by molar-refractivity contribution is 0.240. The minimum atomic E-state index is 0.512. The molecule has 0 fully saturated rings. The second-order valence-electron chi connectivity index (χ2n) is 5.33. The third kappa shape index (κ3) is 7.14. The van der Waals surface area contributed by atoms with Gasteiger partial charge in [-0.1, -0.05) is 30.3 Å². The van der Waals surface area contributed by atoms with Crippen molar-refractivity contribution in [2.45, 2.75) is 39.8 Å². The molecule has 2 N–H and O–H groups in total. The number of rotatable bonds is 8. The molecular formula is C17H30N4. The van der Waals surface area contributed by atoms with Gasteiger partial charge in [-0.2, -0.15) is 0 Å². The molecule has 0 aromatic heterocycles. The topological polar surface area (TPSA) is 39.7 Å². The second-order valence-corrected chi connectivity index (χ2v) is 5.33. The van der Waals surface area contributed by atoms with Crippen molar-refractivity contribution in [1.29, 1.82) is 0 Å². The van der Waals surface area contributed by atoms with E-state index in [1.165, 1.54) is 5.56 Å². The number of benzene rings is 1. The quantitative estimate of drug-likeness (QED) is 0.571. The molecule has 0 aliphatic carbocycles. The molecule has 118 valence electrons. The van der Waals surface area contributed by atoms with E-state index in [0.717, 1.165) is 38.6 Å². The minimum Gasteiger partial charge on any atom is -0.357 e. The van der Waals surface area contributed by atoms with Gasteiger partial charge in [-0.15, -0.1) is 0 Å². The summed E-state index contributed by atoms with van der Waals surface area (Å²) >= 11 is 0. The molecule has 1 rings (SSSR count). The van der Waals surface area contributed by atoms with E-state index < -0.39 is 0 Å². The Morgan fingerprint density at radius 3 is 2.33 bits per heavy atom. The van der Waals surface area contributed by atoms with Crippen LogP contribution < -0.4 is 10.6 Å². The van der Waals surface area contributed by atoms with Crippen molar-refractivity contribution < 1.29 is 0 Å². The van der Waals surface area contributed by atoms with Crippen LogP contribution in [0.3, 0.4) is 0 Å². The van der Waals surface area contributed by atoms with Gasteiger partial charge in [-0.3, -0.25) is 9.89 Å². The maximum absolute atomic E-state index is 4.60. The summed E-state index contributed by atoms with van der Waals surface area (Å²) in [5.41, 5.74) is 1.36. The third-order valence-electron chi connectivity index (χ3n) is 3.53. The molecule has 0 aliphatic heterocycles. The molecule has 21 heavy (non-hydrogen) atoms. The molecule has 4 heteroatoms. The monoisotopic (exact) mass is 290 g/mol. The van der Waals surface area contributed by atoms with Gasteiger partial charge in [0.15, 0.2) is 5.96 Å². The molecule has 0 bridgehead atoms. The molecular weight excluding hydrogens is 260 g/mol. The first-order valence-corrected chi connectivity index (χ1v) is 7.93. The summed E-state index contributed by atoms with van der Waals surface area (Å²) in [6.45, 7) is 10.1. The molecule has 1 atom stereocenters. The van der Waals surface area contributed by atoms with Gasteiger partial charge in [0.1, 0.15) is 0 Å². The third-order valence-corrected chi connectivity index (χ3v) is 3.53. The summed E-state index contributed by atoms with van der Waals surface area (Å²) in [6, 6.07) is 11.1. The number of hydrogen-bond acceptors (Lipinski definition) is 2. The summed E-state index contributed by atoms with van der Waals surface area (Å²) in [4.78, 5) is 6.98. The van der Waals surface area contributed by atoms with Gasteiger partial charge in [0.25, 0.3) is 0 Å². The Hall–Kier alpha value is -1.55. The number of hydrogen-bond donors (Lipinski definition) is 2. The van der Waals surface area contributed by atoms with Crippen LogP contribution in [0, 0.1) is 0 Å². The number of guanidine groups is 1. The number of nitrogens with zero attached hydrogens (tertiary/aromatic N) is 2. The smallest absolute Gasteiger partial charge is 0.191 e. The van der Waals surface area contributed by atoms with Crippen LogP contribution in [0.15, 0.2) is 35.3 Å². The lowest BCUT2D eigenvalue weighted by atomic mass is 10.1.